The van der Waals surface area contributed by atoms with Gasteiger partial charge in [-0.2, -0.15) is 0 Å². The van der Waals surface area contributed by atoms with Crippen molar-refractivity contribution >= 4 is 29.9 Å². The minimum Gasteiger partial charge on any atom is -0.357 e. The smallest absolute Gasteiger partial charge is 0.191 e. The fourth-order valence-electron chi connectivity index (χ4n) is 2.81. The van der Waals surface area contributed by atoms with Crippen LogP contribution in [0.3, 0.4) is 0 Å². The molecule has 0 aromatic rings. The van der Waals surface area contributed by atoms with Crippen LogP contribution in [0.4, 0.5) is 0 Å². The van der Waals surface area contributed by atoms with Crippen molar-refractivity contribution < 1.29 is 0 Å². The minimum atomic E-state index is 0. The lowest BCUT2D eigenvalue weighted by molar-refractivity contribution is 0.158. The molecule has 0 amide bonds. The number of nitrogens with one attached hydrogen (secondary N) is 2. The third kappa shape index (κ3) is 9.75. The summed E-state index contributed by atoms with van der Waals surface area (Å²) >= 11 is 0. The van der Waals surface area contributed by atoms with E-state index in [1.54, 1.807) is 0 Å². The Kier molecular flexibility index (Phi) is 13.3. The molecule has 0 aromatic carbocycles. The highest BCUT2D eigenvalue weighted by Gasteiger charge is 2.16. The number of aliphatic imine (C=N–C) groups is 1. The monoisotopic (exact) mass is 438 g/mol. The molecule has 0 aromatic heterocycles. The van der Waals surface area contributed by atoms with Crippen molar-refractivity contribution in [2.24, 2.45) is 10.9 Å². The first-order valence-electron chi connectivity index (χ1n) is 9.33. The first-order valence-corrected chi connectivity index (χ1v) is 9.33. The Bertz CT molecular complexity index is 320. The second kappa shape index (κ2) is 13.3. The second-order valence-corrected chi connectivity index (χ2v) is 7.03. The third-order valence-electron chi connectivity index (χ3n) is 4.77. The fourth-order valence-corrected chi connectivity index (χ4v) is 2.81. The predicted molar refractivity (Wildman–Crippen MR) is 113 cm³/mol. The van der Waals surface area contributed by atoms with Crippen LogP contribution in [0, 0.1) is 5.92 Å². The first kappa shape index (κ1) is 23.0. The van der Waals surface area contributed by atoms with E-state index in [4.69, 9.17) is 4.99 Å². The van der Waals surface area contributed by atoms with E-state index in [0.717, 1.165) is 25.1 Å². The maximum Gasteiger partial charge on any atom is 0.191 e. The van der Waals surface area contributed by atoms with Gasteiger partial charge in [0.1, 0.15) is 0 Å². The van der Waals surface area contributed by atoms with Crippen molar-refractivity contribution in [2.75, 3.05) is 26.2 Å². The van der Waals surface area contributed by atoms with E-state index < -0.39 is 0 Å². The Labute approximate surface area is 161 Å². The molecule has 2 N–H and O–H groups in total. The van der Waals surface area contributed by atoms with Gasteiger partial charge in [0.05, 0.1) is 0 Å². The van der Waals surface area contributed by atoms with Crippen LogP contribution in [0.1, 0.15) is 66.7 Å². The molecule has 1 fully saturated rings. The predicted octanol–water partition coefficient (Wildman–Crippen LogP) is 3.86. The van der Waals surface area contributed by atoms with E-state index in [9.17, 15) is 0 Å². The van der Waals surface area contributed by atoms with Gasteiger partial charge in [0, 0.05) is 25.2 Å². The van der Waals surface area contributed by atoms with Gasteiger partial charge in [-0.15, -0.1) is 24.0 Å². The van der Waals surface area contributed by atoms with Crippen LogP contribution in [0.2, 0.25) is 0 Å². The summed E-state index contributed by atoms with van der Waals surface area (Å²) in [5.41, 5.74) is 0. The van der Waals surface area contributed by atoms with Gasteiger partial charge in [0.2, 0.25) is 0 Å². The van der Waals surface area contributed by atoms with E-state index in [-0.39, 0.29) is 24.0 Å². The lowest BCUT2D eigenvalue weighted by atomic mass is 10.0. The molecule has 2 atom stereocenters. The van der Waals surface area contributed by atoms with Crippen molar-refractivity contribution in [1.29, 1.82) is 0 Å². The number of hydrogen-bond donors (Lipinski definition) is 2. The van der Waals surface area contributed by atoms with E-state index in [0.29, 0.717) is 12.0 Å². The largest absolute Gasteiger partial charge is 0.357 e. The summed E-state index contributed by atoms with van der Waals surface area (Å²) in [6.07, 6.45) is 6.60. The second-order valence-electron chi connectivity index (χ2n) is 7.03. The van der Waals surface area contributed by atoms with Crippen molar-refractivity contribution in [2.45, 2.75) is 78.8 Å². The van der Waals surface area contributed by atoms with E-state index in [1.165, 1.54) is 45.2 Å². The summed E-state index contributed by atoms with van der Waals surface area (Å²) in [5, 5.41) is 6.84. The standard InChI is InChI=1S/C18H38N4.HI/c1-6-19-18(21-17(5)15(2)3)20-12-8-10-14-22-13-9-7-11-16(22)4;/h15-17H,6-14H2,1-5H3,(H2,19,20,21);1H. The van der Waals surface area contributed by atoms with Crippen LogP contribution in [0.5, 0.6) is 0 Å². The lowest BCUT2D eigenvalue weighted by Crippen LogP contribution is -2.44. The van der Waals surface area contributed by atoms with Gasteiger partial charge >= 0.3 is 0 Å². The van der Waals surface area contributed by atoms with Crippen molar-refractivity contribution in [1.82, 2.24) is 15.5 Å². The molecule has 2 unspecified atom stereocenters. The Balaban J connectivity index is 0.00000484. The zero-order chi connectivity index (χ0) is 16.4. The van der Waals surface area contributed by atoms with Gasteiger partial charge in [-0.05, 0) is 65.5 Å². The molecule has 0 aliphatic carbocycles. The molecular weight excluding hydrogens is 399 g/mol. The van der Waals surface area contributed by atoms with Crippen molar-refractivity contribution in [3.63, 3.8) is 0 Å². The average Bonchev–Trinajstić information content (AvgIpc) is 2.48. The number of likely N-dealkylation sites (tertiary alicyclic amines) is 1. The van der Waals surface area contributed by atoms with Crippen LogP contribution < -0.4 is 10.6 Å². The van der Waals surface area contributed by atoms with Crippen molar-refractivity contribution in [3.8, 4) is 0 Å². The summed E-state index contributed by atoms with van der Waals surface area (Å²) in [7, 11) is 0. The molecule has 23 heavy (non-hydrogen) atoms. The van der Waals surface area contributed by atoms with Gasteiger partial charge in [0.25, 0.3) is 0 Å². The van der Waals surface area contributed by atoms with Crippen LogP contribution in [0.15, 0.2) is 4.99 Å². The Hall–Kier alpha value is -0.0400. The summed E-state index contributed by atoms with van der Waals surface area (Å²) in [5.74, 6) is 1.58. The summed E-state index contributed by atoms with van der Waals surface area (Å²) in [6.45, 7) is 15.6. The average molecular weight is 438 g/mol. The quantitative estimate of drug-likeness (QED) is 0.262. The zero-order valence-electron chi connectivity index (χ0n) is 15.9. The SMILES string of the molecule is CCNC(=NCCCCN1CCCCC1C)NC(C)C(C)C.I. The lowest BCUT2D eigenvalue weighted by Gasteiger charge is -2.33. The molecule has 1 saturated heterocycles. The van der Waals surface area contributed by atoms with E-state index in [2.05, 4.69) is 50.2 Å². The highest BCUT2D eigenvalue weighted by molar-refractivity contribution is 14.0. The number of nitrogens with zero attached hydrogens (tertiary/aromatic N) is 2. The van der Waals surface area contributed by atoms with Gasteiger partial charge in [-0.25, -0.2) is 0 Å². The maximum absolute atomic E-state index is 4.71. The van der Waals surface area contributed by atoms with E-state index in [1.807, 2.05) is 0 Å². The number of hydrogen-bond acceptors (Lipinski definition) is 2. The third-order valence-corrected chi connectivity index (χ3v) is 4.77. The van der Waals surface area contributed by atoms with E-state index >= 15 is 0 Å². The van der Waals surface area contributed by atoms with Gasteiger partial charge in [-0.3, -0.25) is 4.99 Å². The molecule has 0 saturated carbocycles. The van der Waals surface area contributed by atoms with Crippen LogP contribution in [-0.4, -0.2) is 49.1 Å². The molecule has 138 valence electrons. The minimum absolute atomic E-state index is 0. The number of rotatable bonds is 8. The molecular formula is C18H39IN4. The van der Waals surface area contributed by atoms with Crippen molar-refractivity contribution in [3.05, 3.63) is 0 Å². The normalized spacial score (nSPS) is 21.0. The molecule has 5 heteroatoms. The Morgan fingerprint density at radius 3 is 2.57 bits per heavy atom. The Morgan fingerprint density at radius 1 is 1.22 bits per heavy atom. The van der Waals surface area contributed by atoms with Crippen LogP contribution in [0.25, 0.3) is 0 Å². The fraction of sp³-hybridized carbons (Fsp3) is 0.944. The Morgan fingerprint density at radius 2 is 1.96 bits per heavy atom. The van der Waals surface area contributed by atoms with Gasteiger partial charge in [-0.1, -0.05) is 20.3 Å². The summed E-state index contributed by atoms with van der Waals surface area (Å²) in [6, 6.07) is 1.23. The number of piperidine rings is 1. The number of unbranched alkanes of at least 4 members (excludes halogenated alkanes) is 1. The molecule has 0 bridgehead atoms. The molecule has 1 aliphatic rings. The highest BCUT2D eigenvalue weighted by atomic mass is 127. The molecule has 4 nitrogen and oxygen atoms in total. The van der Waals surface area contributed by atoms with Crippen LogP contribution in [-0.2, 0) is 0 Å². The topological polar surface area (TPSA) is 39.7 Å². The van der Waals surface area contributed by atoms with Gasteiger partial charge in [0.15, 0.2) is 5.96 Å². The zero-order valence-corrected chi connectivity index (χ0v) is 18.2. The molecule has 1 rings (SSSR count). The number of halogens is 1. The molecule has 0 spiro atoms. The summed E-state index contributed by atoms with van der Waals surface area (Å²) < 4.78 is 0. The maximum atomic E-state index is 4.71. The highest BCUT2D eigenvalue weighted by Crippen LogP contribution is 2.16. The number of guanidine groups is 1. The van der Waals surface area contributed by atoms with Crippen LogP contribution >= 0.6 is 24.0 Å². The molecule has 0 radical (unpaired) electrons. The van der Waals surface area contributed by atoms with Gasteiger partial charge < -0.3 is 15.5 Å². The summed E-state index contributed by atoms with van der Waals surface area (Å²) in [4.78, 5) is 7.36. The molecule has 1 heterocycles. The molecule has 1 aliphatic heterocycles. The first-order chi connectivity index (χ1) is 10.5.